The van der Waals surface area contributed by atoms with E-state index in [1.807, 2.05) is 11.8 Å². The molecule has 4 nitrogen and oxygen atoms in total. The van der Waals surface area contributed by atoms with Gasteiger partial charge in [-0.2, -0.15) is 0 Å². The fourth-order valence-corrected chi connectivity index (χ4v) is 4.19. The van der Waals surface area contributed by atoms with Gasteiger partial charge in [0.1, 0.15) is 0 Å². The van der Waals surface area contributed by atoms with Crippen LogP contribution in [0.25, 0.3) is 0 Å². The molecule has 1 aromatic heterocycles. The highest BCUT2D eigenvalue weighted by molar-refractivity contribution is 7.09. The Bertz CT molecular complexity index is 459. The zero-order chi connectivity index (χ0) is 13.9. The first-order valence-electron chi connectivity index (χ1n) is 7.70. The zero-order valence-electron chi connectivity index (χ0n) is 12.1. The lowest BCUT2D eigenvalue weighted by atomic mass is 9.98. The van der Waals surface area contributed by atoms with E-state index in [0.29, 0.717) is 12.0 Å². The van der Waals surface area contributed by atoms with Crippen molar-refractivity contribution < 1.29 is 4.79 Å². The normalized spacial score (nSPS) is 21.4. The molecule has 0 unspecified atom stereocenters. The van der Waals surface area contributed by atoms with E-state index in [0.717, 1.165) is 44.5 Å². The molecular weight excluding hydrogens is 270 g/mol. The standard InChI is InChI=1S/C15H23N3OS/c1-11-10-20-14(16-11)12-6-8-18(9-7-12)15(19)17-13-4-2-3-5-13/h10,12-13H,2-9H2,1H3,(H,17,19). The van der Waals surface area contributed by atoms with Gasteiger partial charge in [0, 0.05) is 36.1 Å². The van der Waals surface area contributed by atoms with Crippen molar-refractivity contribution in [3.8, 4) is 0 Å². The summed E-state index contributed by atoms with van der Waals surface area (Å²) in [5.74, 6) is 0.546. The number of amides is 2. The molecule has 1 aromatic rings. The second-order valence-electron chi connectivity index (χ2n) is 6.02. The van der Waals surface area contributed by atoms with Gasteiger partial charge in [-0.3, -0.25) is 0 Å². The summed E-state index contributed by atoms with van der Waals surface area (Å²) in [4.78, 5) is 18.8. The molecule has 5 heteroatoms. The largest absolute Gasteiger partial charge is 0.335 e. The maximum absolute atomic E-state index is 12.2. The number of carbonyl (C=O) groups excluding carboxylic acids is 1. The molecule has 0 spiro atoms. The molecule has 1 N–H and O–H groups in total. The van der Waals surface area contributed by atoms with Crippen LogP contribution in [0, 0.1) is 6.92 Å². The minimum absolute atomic E-state index is 0.144. The van der Waals surface area contributed by atoms with Gasteiger partial charge in [-0.05, 0) is 32.6 Å². The van der Waals surface area contributed by atoms with Gasteiger partial charge < -0.3 is 10.2 Å². The molecule has 0 aromatic carbocycles. The van der Waals surface area contributed by atoms with E-state index in [2.05, 4.69) is 15.7 Å². The topological polar surface area (TPSA) is 45.2 Å². The summed E-state index contributed by atoms with van der Waals surface area (Å²) in [6.45, 7) is 3.77. The molecule has 0 radical (unpaired) electrons. The van der Waals surface area contributed by atoms with Crippen LogP contribution in [0.2, 0.25) is 0 Å². The number of nitrogens with one attached hydrogen (secondary N) is 1. The highest BCUT2D eigenvalue weighted by Gasteiger charge is 2.27. The molecule has 2 aliphatic rings. The average Bonchev–Trinajstić information content (AvgIpc) is 3.10. The third kappa shape index (κ3) is 3.14. The van der Waals surface area contributed by atoms with Crippen molar-refractivity contribution >= 4 is 17.4 Å². The minimum atomic E-state index is 0.144. The maximum atomic E-state index is 12.2. The molecule has 2 fully saturated rings. The molecule has 2 heterocycles. The quantitative estimate of drug-likeness (QED) is 0.909. The van der Waals surface area contributed by atoms with E-state index in [1.165, 1.54) is 17.8 Å². The number of urea groups is 1. The lowest BCUT2D eigenvalue weighted by molar-refractivity contribution is 0.177. The van der Waals surface area contributed by atoms with Crippen molar-refractivity contribution in [2.24, 2.45) is 0 Å². The molecule has 3 rings (SSSR count). The van der Waals surface area contributed by atoms with Crippen LogP contribution < -0.4 is 5.32 Å². The molecule has 20 heavy (non-hydrogen) atoms. The summed E-state index contributed by atoms with van der Waals surface area (Å²) in [6.07, 6.45) is 6.92. The summed E-state index contributed by atoms with van der Waals surface area (Å²) in [5, 5.41) is 6.55. The Labute approximate surface area is 124 Å². The number of likely N-dealkylation sites (tertiary alicyclic amines) is 1. The molecule has 1 aliphatic carbocycles. The molecule has 0 atom stereocenters. The second kappa shape index (κ2) is 6.12. The van der Waals surface area contributed by atoms with Gasteiger partial charge >= 0.3 is 6.03 Å². The van der Waals surface area contributed by atoms with Gasteiger partial charge in [0.05, 0.1) is 5.01 Å². The highest BCUT2D eigenvalue weighted by atomic mass is 32.1. The Morgan fingerprint density at radius 2 is 2.00 bits per heavy atom. The van der Waals surface area contributed by atoms with E-state index in [4.69, 9.17) is 0 Å². The highest BCUT2D eigenvalue weighted by Crippen LogP contribution is 2.30. The predicted octanol–water partition coefficient (Wildman–Crippen LogP) is 3.28. The Morgan fingerprint density at radius 3 is 2.60 bits per heavy atom. The van der Waals surface area contributed by atoms with E-state index >= 15 is 0 Å². The van der Waals surface area contributed by atoms with E-state index in [9.17, 15) is 4.79 Å². The molecule has 0 bridgehead atoms. The second-order valence-corrected chi connectivity index (χ2v) is 6.91. The van der Waals surface area contributed by atoms with Gasteiger partial charge in [-0.15, -0.1) is 11.3 Å². The van der Waals surface area contributed by atoms with Crippen molar-refractivity contribution in [2.45, 2.75) is 57.4 Å². The fourth-order valence-electron chi connectivity index (χ4n) is 3.23. The Hall–Kier alpha value is -1.10. The molecule has 2 amide bonds. The number of hydrogen-bond donors (Lipinski definition) is 1. The van der Waals surface area contributed by atoms with Crippen molar-refractivity contribution in [1.82, 2.24) is 15.2 Å². The summed E-state index contributed by atoms with van der Waals surface area (Å²) >= 11 is 1.76. The van der Waals surface area contributed by atoms with Gasteiger partial charge in [0.2, 0.25) is 0 Å². The van der Waals surface area contributed by atoms with Gasteiger partial charge in [-0.1, -0.05) is 12.8 Å². The molecule has 1 aliphatic heterocycles. The first kappa shape index (κ1) is 13.9. The average molecular weight is 293 g/mol. The first-order valence-corrected chi connectivity index (χ1v) is 8.58. The monoisotopic (exact) mass is 293 g/mol. The van der Waals surface area contributed by atoms with Crippen LogP contribution >= 0.6 is 11.3 Å². The van der Waals surface area contributed by atoms with Crippen molar-refractivity contribution in [3.05, 3.63) is 16.1 Å². The van der Waals surface area contributed by atoms with Crippen LogP contribution in [0.4, 0.5) is 4.79 Å². The summed E-state index contributed by atoms with van der Waals surface area (Å²) in [7, 11) is 0. The summed E-state index contributed by atoms with van der Waals surface area (Å²) in [6, 6.07) is 0.563. The number of hydrogen-bond acceptors (Lipinski definition) is 3. The molecule has 1 saturated carbocycles. The molecule has 1 saturated heterocycles. The molecule has 110 valence electrons. The lowest BCUT2D eigenvalue weighted by Gasteiger charge is -2.32. The Morgan fingerprint density at radius 1 is 1.30 bits per heavy atom. The number of carbonyl (C=O) groups is 1. The van der Waals surface area contributed by atoms with E-state index in [1.54, 1.807) is 11.3 Å². The van der Waals surface area contributed by atoms with Crippen molar-refractivity contribution in [1.29, 1.82) is 0 Å². The number of rotatable bonds is 2. The molecular formula is C15H23N3OS. The van der Waals surface area contributed by atoms with Crippen LogP contribution in [-0.2, 0) is 0 Å². The SMILES string of the molecule is Cc1csc(C2CCN(C(=O)NC3CCCC3)CC2)n1. The minimum Gasteiger partial charge on any atom is -0.335 e. The van der Waals surface area contributed by atoms with Crippen LogP contribution in [0.1, 0.15) is 55.1 Å². The van der Waals surface area contributed by atoms with Gasteiger partial charge in [0.15, 0.2) is 0 Å². The number of thiazole rings is 1. The van der Waals surface area contributed by atoms with Crippen molar-refractivity contribution in [3.63, 3.8) is 0 Å². The lowest BCUT2D eigenvalue weighted by Crippen LogP contribution is -2.47. The van der Waals surface area contributed by atoms with Crippen LogP contribution in [0.15, 0.2) is 5.38 Å². The first-order chi connectivity index (χ1) is 9.72. The van der Waals surface area contributed by atoms with E-state index < -0.39 is 0 Å². The van der Waals surface area contributed by atoms with E-state index in [-0.39, 0.29) is 6.03 Å². The summed E-state index contributed by atoms with van der Waals surface area (Å²) < 4.78 is 0. The van der Waals surface area contributed by atoms with Gasteiger partial charge in [-0.25, -0.2) is 9.78 Å². The predicted molar refractivity (Wildman–Crippen MR) is 81.2 cm³/mol. The van der Waals surface area contributed by atoms with Crippen molar-refractivity contribution in [2.75, 3.05) is 13.1 Å². The zero-order valence-corrected chi connectivity index (χ0v) is 12.9. The number of piperidine rings is 1. The third-order valence-electron chi connectivity index (χ3n) is 4.45. The Balaban J connectivity index is 1.49. The van der Waals surface area contributed by atoms with Crippen LogP contribution in [0.3, 0.4) is 0 Å². The van der Waals surface area contributed by atoms with Crippen LogP contribution in [0.5, 0.6) is 0 Å². The smallest absolute Gasteiger partial charge is 0.317 e. The number of nitrogens with zero attached hydrogens (tertiary/aromatic N) is 2. The third-order valence-corrected chi connectivity index (χ3v) is 5.58. The number of aromatic nitrogens is 1. The fraction of sp³-hybridized carbons (Fsp3) is 0.733. The summed E-state index contributed by atoms with van der Waals surface area (Å²) in [5.41, 5.74) is 1.12. The Kier molecular flexibility index (Phi) is 4.24. The number of aryl methyl sites for hydroxylation is 1. The van der Waals surface area contributed by atoms with Gasteiger partial charge in [0.25, 0.3) is 0 Å². The maximum Gasteiger partial charge on any atom is 0.317 e. The van der Waals surface area contributed by atoms with Crippen LogP contribution in [-0.4, -0.2) is 35.0 Å².